The summed E-state index contributed by atoms with van der Waals surface area (Å²) in [5.74, 6) is 2.61. The van der Waals surface area contributed by atoms with E-state index in [1.165, 1.54) is 23.7 Å². The van der Waals surface area contributed by atoms with Gasteiger partial charge in [0.05, 0.1) is 30.6 Å². The molecule has 2 aliphatic carbocycles. The molecule has 8 rings (SSSR count). The number of nitrogens with two attached hydrogens (primary N) is 1. The van der Waals surface area contributed by atoms with E-state index in [0.29, 0.717) is 29.7 Å². The molecule has 3 atom stereocenters. The van der Waals surface area contributed by atoms with E-state index in [1.807, 2.05) is 41.0 Å². The molecule has 0 radical (unpaired) electrons. The van der Waals surface area contributed by atoms with Crippen molar-refractivity contribution < 1.29 is 9.53 Å². The molecule has 9 nitrogen and oxygen atoms in total. The highest BCUT2D eigenvalue weighted by Crippen LogP contribution is 2.40. The van der Waals surface area contributed by atoms with Gasteiger partial charge in [0, 0.05) is 54.9 Å². The lowest BCUT2D eigenvalue weighted by atomic mass is 10.1. The fourth-order valence-corrected chi connectivity index (χ4v) is 7.18. The SMILES string of the molecule is COc1cc(C(=O)N2C[C@H]3CC[C@@H]2[C@@H]3N)cc2nc(-c3cc4ccccc4n3CC3CC3)n(Cc3ccnn3C)c12. The van der Waals surface area contributed by atoms with E-state index in [1.54, 1.807) is 7.11 Å². The zero-order valence-electron chi connectivity index (χ0n) is 23.5. The molecular formula is C32H35N7O2. The number of fused-ring (bicyclic) bond motifs is 4. The zero-order valence-corrected chi connectivity index (χ0v) is 23.5. The van der Waals surface area contributed by atoms with Crippen LogP contribution in [0.3, 0.4) is 0 Å². The molecule has 2 aromatic carbocycles. The zero-order chi connectivity index (χ0) is 27.8. The first-order valence-electron chi connectivity index (χ1n) is 14.7. The first kappa shape index (κ1) is 24.7. The number of imidazole rings is 1. The van der Waals surface area contributed by atoms with E-state index < -0.39 is 0 Å². The Morgan fingerprint density at radius 3 is 2.63 bits per heavy atom. The molecule has 0 spiro atoms. The smallest absolute Gasteiger partial charge is 0.254 e. The minimum absolute atomic E-state index is 0.0124. The van der Waals surface area contributed by atoms with Crippen molar-refractivity contribution in [2.24, 2.45) is 24.6 Å². The number of aromatic nitrogens is 5. The molecule has 2 N–H and O–H groups in total. The normalized spacial score (nSPS) is 21.9. The third-order valence-electron chi connectivity index (χ3n) is 9.61. The number of carbonyl (C=O) groups is 1. The molecular weight excluding hydrogens is 514 g/mol. The molecule has 1 aliphatic heterocycles. The summed E-state index contributed by atoms with van der Waals surface area (Å²) < 4.78 is 12.5. The lowest BCUT2D eigenvalue weighted by Crippen LogP contribution is -2.41. The Labute approximate surface area is 238 Å². The van der Waals surface area contributed by atoms with Crippen LogP contribution in [0.25, 0.3) is 33.5 Å². The number of hydrogen-bond acceptors (Lipinski definition) is 5. The summed E-state index contributed by atoms with van der Waals surface area (Å²) in [6.07, 6.45) is 6.43. The summed E-state index contributed by atoms with van der Waals surface area (Å²) in [7, 11) is 3.63. The van der Waals surface area contributed by atoms with E-state index in [4.69, 9.17) is 15.5 Å². The average molecular weight is 550 g/mol. The van der Waals surface area contributed by atoms with Crippen LogP contribution >= 0.6 is 0 Å². The van der Waals surface area contributed by atoms with E-state index in [2.05, 4.69) is 44.6 Å². The fraction of sp³-hybridized carbons (Fsp3) is 0.406. The molecule has 2 bridgehead atoms. The van der Waals surface area contributed by atoms with Crippen molar-refractivity contribution in [3.8, 4) is 17.3 Å². The molecule has 9 heteroatoms. The number of piperidine rings is 1. The Balaban J connectivity index is 1.32. The lowest BCUT2D eigenvalue weighted by molar-refractivity contribution is 0.0700. The first-order chi connectivity index (χ1) is 20.0. The Morgan fingerprint density at radius 1 is 1.07 bits per heavy atom. The van der Waals surface area contributed by atoms with Crippen molar-refractivity contribution in [1.82, 2.24) is 28.8 Å². The second-order valence-corrected chi connectivity index (χ2v) is 12.1. The van der Waals surface area contributed by atoms with Gasteiger partial charge < -0.3 is 24.5 Å². The molecule has 5 aromatic rings. The maximum absolute atomic E-state index is 13.8. The monoisotopic (exact) mass is 549 g/mol. The van der Waals surface area contributed by atoms with E-state index in [9.17, 15) is 4.79 Å². The number of aryl methyl sites for hydroxylation is 1. The summed E-state index contributed by atoms with van der Waals surface area (Å²) in [6.45, 7) is 2.27. The summed E-state index contributed by atoms with van der Waals surface area (Å²) in [6, 6.07) is 16.8. The van der Waals surface area contributed by atoms with Gasteiger partial charge in [0.25, 0.3) is 5.91 Å². The summed E-state index contributed by atoms with van der Waals surface area (Å²) in [5.41, 5.74) is 12.0. The summed E-state index contributed by atoms with van der Waals surface area (Å²) in [5, 5.41) is 5.61. The van der Waals surface area contributed by atoms with Gasteiger partial charge in [-0.2, -0.15) is 5.10 Å². The van der Waals surface area contributed by atoms with Crippen LogP contribution in [0.1, 0.15) is 41.7 Å². The number of amides is 1. The van der Waals surface area contributed by atoms with Gasteiger partial charge in [-0.05, 0) is 67.9 Å². The molecule has 3 aromatic heterocycles. The van der Waals surface area contributed by atoms with Crippen molar-refractivity contribution >= 4 is 27.8 Å². The van der Waals surface area contributed by atoms with Crippen LogP contribution in [0, 0.1) is 11.8 Å². The number of methoxy groups -OCH3 is 1. The lowest BCUT2D eigenvalue weighted by Gasteiger charge is -2.27. The molecule has 1 saturated heterocycles. The van der Waals surface area contributed by atoms with Crippen LogP contribution in [-0.4, -0.2) is 60.4 Å². The Hall–Kier alpha value is -4.11. The standard InChI is InChI=1S/C32H35N7O2/c1-36-23(11-12-34-36)18-39-30-24(13-22(15-28(30)41-2)32(40)38-17-21-9-10-26(38)29(21)33)35-31(39)27-14-20-5-3-4-6-25(20)37(27)16-19-7-8-19/h3-6,11-15,19,21,26,29H,7-10,16-18,33H2,1-2H3/t21-,26-,29-/m1/s1. The first-order valence-corrected chi connectivity index (χ1v) is 14.7. The van der Waals surface area contributed by atoms with E-state index in [0.717, 1.165) is 54.2 Å². The van der Waals surface area contributed by atoms with Gasteiger partial charge in [-0.15, -0.1) is 0 Å². The van der Waals surface area contributed by atoms with Gasteiger partial charge in [-0.25, -0.2) is 4.98 Å². The van der Waals surface area contributed by atoms with Gasteiger partial charge >= 0.3 is 0 Å². The van der Waals surface area contributed by atoms with Crippen molar-refractivity contribution in [2.45, 2.75) is 50.9 Å². The summed E-state index contributed by atoms with van der Waals surface area (Å²) in [4.78, 5) is 21.0. The third-order valence-corrected chi connectivity index (χ3v) is 9.61. The van der Waals surface area contributed by atoms with Crippen LogP contribution in [0.4, 0.5) is 0 Å². The number of carbonyl (C=O) groups excluding carboxylic acids is 1. The molecule has 3 aliphatic rings. The fourth-order valence-electron chi connectivity index (χ4n) is 7.18. The highest BCUT2D eigenvalue weighted by Gasteiger charge is 2.47. The Kier molecular flexibility index (Phi) is 5.54. The number of benzene rings is 2. The quantitative estimate of drug-likeness (QED) is 0.324. The van der Waals surface area contributed by atoms with Crippen LogP contribution in [0.15, 0.2) is 54.7 Å². The van der Waals surface area contributed by atoms with Crippen molar-refractivity contribution in [2.75, 3.05) is 13.7 Å². The second kappa shape index (κ2) is 9.21. The number of hydrogen-bond donors (Lipinski definition) is 1. The van der Waals surface area contributed by atoms with Gasteiger partial charge in [0.1, 0.15) is 11.3 Å². The molecule has 3 fully saturated rings. The topological polar surface area (TPSA) is 96.1 Å². The minimum atomic E-state index is 0.0124. The average Bonchev–Trinajstić information content (AvgIpc) is 3.24. The van der Waals surface area contributed by atoms with Crippen LogP contribution < -0.4 is 10.5 Å². The van der Waals surface area contributed by atoms with Crippen molar-refractivity contribution in [3.63, 3.8) is 0 Å². The highest BCUT2D eigenvalue weighted by atomic mass is 16.5. The molecule has 210 valence electrons. The van der Waals surface area contributed by atoms with E-state index >= 15 is 0 Å². The highest BCUT2D eigenvalue weighted by molar-refractivity contribution is 6.00. The molecule has 4 heterocycles. The van der Waals surface area contributed by atoms with Gasteiger partial charge in [-0.1, -0.05) is 18.2 Å². The largest absolute Gasteiger partial charge is 0.494 e. The van der Waals surface area contributed by atoms with E-state index in [-0.39, 0.29) is 18.0 Å². The number of likely N-dealkylation sites (tertiary alicyclic amines) is 1. The Morgan fingerprint density at radius 2 is 1.93 bits per heavy atom. The van der Waals surface area contributed by atoms with Crippen LogP contribution in [-0.2, 0) is 20.1 Å². The second-order valence-electron chi connectivity index (χ2n) is 12.1. The van der Waals surface area contributed by atoms with Crippen LogP contribution in [0.2, 0.25) is 0 Å². The maximum atomic E-state index is 13.8. The Bertz CT molecular complexity index is 1810. The maximum Gasteiger partial charge on any atom is 0.254 e. The summed E-state index contributed by atoms with van der Waals surface area (Å²) >= 11 is 0. The molecule has 2 saturated carbocycles. The predicted molar refractivity (Wildman–Crippen MR) is 158 cm³/mol. The van der Waals surface area contributed by atoms with Gasteiger partial charge in [-0.3, -0.25) is 9.48 Å². The molecule has 41 heavy (non-hydrogen) atoms. The third kappa shape index (κ3) is 3.89. The number of rotatable bonds is 7. The van der Waals surface area contributed by atoms with Crippen molar-refractivity contribution in [3.05, 3.63) is 66.0 Å². The number of para-hydroxylation sites is 1. The number of ether oxygens (including phenoxy) is 1. The van der Waals surface area contributed by atoms with Crippen molar-refractivity contribution in [1.29, 1.82) is 0 Å². The molecule has 0 unspecified atom stereocenters. The van der Waals surface area contributed by atoms with Crippen LogP contribution in [0.5, 0.6) is 5.75 Å². The van der Waals surface area contributed by atoms with Gasteiger partial charge in [0.15, 0.2) is 5.82 Å². The van der Waals surface area contributed by atoms with Gasteiger partial charge in [0.2, 0.25) is 0 Å². The minimum Gasteiger partial charge on any atom is -0.494 e. The number of nitrogens with zero attached hydrogens (tertiary/aromatic N) is 6. The predicted octanol–water partition coefficient (Wildman–Crippen LogP) is 4.42. The molecule has 1 amide bonds.